The third kappa shape index (κ3) is 6.36. The Bertz CT molecular complexity index is 1400. The van der Waals surface area contributed by atoms with E-state index in [0.29, 0.717) is 30.9 Å². The minimum atomic E-state index is -0.148. The summed E-state index contributed by atoms with van der Waals surface area (Å²) in [6, 6.07) is 15.9. The normalized spacial score (nSPS) is 17.2. The number of aromatic nitrogens is 2. The summed E-state index contributed by atoms with van der Waals surface area (Å²) in [5, 5.41) is 9.27. The van der Waals surface area contributed by atoms with Crippen molar-refractivity contribution in [2.24, 2.45) is 5.92 Å². The highest BCUT2D eigenvalue weighted by atomic mass is 16.5. The highest BCUT2D eigenvalue weighted by Gasteiger charge is 2.28. The van der Waals surface area contributed by atoms with E-state index in [1.807, 2.05) is 36.4 Å². The predicted octanol–water partition coefficient (Wildman–Crippen LogP) is 4.01. The topological polar surface area (TPSA) is 96.8 Å². The molecule has 0 saturated carbocycles. The highest BCUT2D eigenvalue weighted by Crippen LogP contribution is 2.30. The first-order valence-electron chi connectivity index (χ1n) is 14.4. The van der Waals surface area contributed by atoms with E-state index in [1.165, 1.54) is 19.6 Å². The molecule has 1 N–H and O–H groups in total. The van der Waals surface area contributed by atoms with Crippen molar-refractivity contribution in [3.8, 4) is 0 Å². The number of fused-ring (bicyclic) bond motifs is 1. The van der Waals surface area contributed by atoms with E-state index in [2.05, 4.69) is 27.2 Å². The second-order valence-corrected chi connectivity index (χ2v) is 11.0. The van der Waals surface area contributed by atoms with Crippen molar-refractivity contribution in [2.75, 3.05) is 50.1 Å². The Kier molecular flexibility index (Phi) is 8.79. The van der Waals surface area contributed by atoms with Crippen LogP contribution >= 0.6 is 0 Å². The van der Waals surface area contributed by atoms with Gasteiger partial charge < -0.3 is 19.9 Å². The fraction of sp³-hybridized carbons (Fsp3) is 0.484. The van der Waals surface area contributed by atoms with Crippen LogP contribution in [-0.2, 0) is 20.9 Å². The van der Waals surface area contributed by atoms with Gasteiger partial charge in [-0.05, 0) is 81.4 Å². The number of carbonyl (C=O) groups is 2. The minimum Gasteiger partial charge on any atom is -0.469 e. The maximum absolute atomic E-state index is 13.3. The van der Waals surface area contributed by atoms with Gasteiger partial charge >= 0.3 is 5.97 Å². The van der Waals surface area contributed by atoms with Crippen LogP contribution < -0.4 is 15.8 Å². The number of benzene rings is 2. The van der Waals surface area contributed by atoms with E-state index in [9.17, 15) is 14.4 Å². The monoisotopic (exact) mass is 545 g/mol. The number of ether oxygens (including phenoxy) is 1. The fourth-order valence-corrected chi connectivity index (χ4v) is 6.10. The number of nitrogens with one attached hydrogen (secondary N) is 1. The number of hydrogen-bond donors (Lipinski definition) is 1. The first kappa shape index (κ1) is 27.8. The zero-order chi connectivity index (χ0) is 28.1. The molecule has 0 bridgehead atoms. The Morgan fingerprint density at radius 2 is 1.68 bits per heavy atom. The summed E-state index contributed by atoms with van der Waals surface area (Å²) in [5.41, 5.74) is 2.08. The van der Waals surface area contributed by atoms with E-state index in [1.54, 1.807) is 4.68 Å². The molecule has 2 saturated heterocycles. The molecule has 0 aliphatic carbocycles. The van der Waals surface area contributed by atoms with Gasteiger partial charge in [0.15, 0.2) is 5.82 Å². The second-order valence-electron chi connectivity index (χ2n) is 11.0. The van der Waals surface area contributed by atoms with Gasteiger partial charge in [-0.25, -0.2) is 4.68 Å². The van der Waals surface area contributed by atoms with Crippen molar-refractivity contribution >= 4 is 34.2 Å². The molecular formula is C31H39N5O4. The van der Waals surface area contributed by atoms with Crippen molar-refractivity contribution in [3.05, 3.63) is 64.4 Å². The quantitative estimate of drug-likeness (QED) is 0.427. The molecule has 9 heteroatoms. The number of likely N-dealkylation sites (tertiary alicyclic amines) is 1. The van der Waals surface area contributed by atoms with Crippen LogP contribution in [-0.4, -0.2) is 66.4 Å². The Labute approximate surface area is 235 Å². The minimum absolute atomic E-state index is 0.0535. The molecule has 0 unspecified atom stereocenters. The Hall–Kier alpha value is -3.72. The first-order valence-corrected chi connectivity index (χ1v) is 14.4. The van der Waals surface area contributed by atoms with Gasteiger partial charge in [0, 0.05) is 37.6 Å². The van der Waals surface area contributed by atoms with Gasteiger partial charge in [-0.1, -0.05) is 30.3 Å². The average molecular weight is 546 g/mol. The lowest BCUT2D eigenvalue weighted by Gasteiger charge is -2.33. The van der Waals surface area contributed by atoms with E-state index < -0.39 is 0 Å². The van der Waals surface area contributed by atoms with Crippen LogP contribution in [0.3, 0.4) is 0 Å². The lowest BCUT2D eigenvalue weighted by atomic mass is 9.89. The van der Waals surface area contributed by atoms with E-state index in [0.717, 1.165) is 68.6 Å². The molecule has 2 fully saturated rings. The van der Waals surface area contributed by atoms with Crippen LogP contribution in [0.2, 0.25) is 0 Å². The van der Waals surface area contributed by atoms with Gasteiger partial charge in [-0.2, -0.15) is 5.10 Å². The second kappa shape index (κ2) is 12.6. The van der Waals surface area contributed by atoms with Crippen LogP contribution in [0.4, 0.5) is 11.5 Å². The van der Waals surface area contributed by atoms with Gasteiger partial charge in [-0.15, -0.1) is 0 Å². The molecule has 5 rings (SSSR count). The van der Waals surface area contributed by atoms with Crippen molar-refractivity contribution in [3.63, 3.8) is 0 Å². The number of hydrogen-bond acceptors (Lipinski definition) is 7. The molecule has 1 aromatic heterocycles. The summed E-state index contributed by atoms with van der Waals surface area (Å²) in [6.07, 6.45) is 4.43. The van der Waals surface area contributed by atoms with Crippen LogP contribution in [0.1, 0.15) is 50.5 Å². The van der Waals surface area contributed by atoms with Crippen LogP contribution in [0, 0.1) is 5.92 Å². The Morgan fingerprint density at radius 1 is 0.950 bits per heavy atom. The van der Waals surface area contributed by atoms with E-state index in [-0.39, 0.29) is 23.4 Å². The molecule has 0 atom stereocenters. The van der Waals surface area contributed by atoms with Crippen LogP contribution in [0.25, 0.3) is 10.8 Å². The van der Waals surface area contributed by atoms with Gasteiger partial charge in [-0.3, -0.25) is 14.4 Å². The number of nitrogens with zero attached hydrogens (tertiary/aromatic N) is 4. The summed E-state index contributed by atoms with van der Waals surface area (Å²) in [6.45, 7) is 6.44. The Morgan fingerprint density at radius 3 is 2.38 bits per heavy atom. The fourth-order valence-electron chi connectivity index (χ4n) is 6.10. The summed E-state index contributed by atoms with van der Waals surface area (Å²) < 4.78 is 6.57. The van der Waals surface area contributed by atoms with Crippen molar-refractivity contribution in [1.29, 1.82) is 0 Å². The predicted molar refractivity (Wildman–Crippen MR) is 157 cm³/mol. The summed E-state index contributed by atoms with van der Waals surface area (Å²) in [5.74, 6) is 1.03. The third-order valence-corrected chi connectivity index (χ3v) is 8.29. The smallest absolute Gasteiger partial charge is 0.308 e. The lowest BCUT2D eigenvalue weighted by Crippen LogP contribution is -2.39. The number of carbonyl (C=O) groups excluding carboxylic acids is 2. The third-order valence-electron chi connectivity index (χ3n) is 8.29. The van der Waals surface area contributed by atoms with Gasteiger partial charge in [0.1, 0.15) is 0 Å². The SMILES string of the molecule is COC(=O)C1CCN(c2nn(CCCN3CCC(c4cccc(NC(C)=O)c4)CC3)c(=O)c3ccccc23)CC1. The molecule has 3 aromatic rings. The molecule has 212 valence electrons. The van der Waals surface area contributed by atoms with Gasteiger partial charge in [0.05, 0.1) is 18.4 Å². The molecule has 3 heterocycles. The van der Waals surface area contributed by atoms with Crippen molar-refractivity contribution < 1.29 is 14.3 Å². The molecule has 9 nitrogen and oxygen atoms in total. The van der Waals surface area contributed by atoms with Gasteiger partial charge in [0.2, 0.25) is 5.91 Å². The molecular weight excluding hydrogens is 506 g/mol. The number of rotatable bonds is 8. The highest BCUT2D eigenvalue weighted by molar-refractivity contribution is 5.91. The average Bonchev–Trinajstić information content (AvgIpc) is 2.98. The maximum atomic E-state index is 13.3. The number of esters is 1. The largest absolute Gasteiger partial charge is 0.469 e. The number of piperidine rings is 2. The molecule has 0 spiro atoms. The first-order chi connectivity index (χ1) is 19.4. The molecule has 2 aliphatic heterocycles. The van der Waals surface area contributed by atoms with Crippen molar-refractivity contribution in [2.45, 2.75) is 51.5 Å². The molecule has 2 aromatic carbocycles. The van der Waals surface area contributed by atoms with Crippen molar-refractivity contribution in [1.82, 2.24) is 14.7 Å². The van der Waals surface area contributed by atoms with E-state index >= 15 is 0 Å². The summed E-state index contributed by atoms with van der Waals surface area (Å²) in [4.78, 5) is 41.4. The molecule has 40 heavy (non-hydrogen) atoms. The zero-order valence-corrected chi connectivity index (χ0v) is 23.5. The molecule has 1 amide bonds. The zero-order valence-electron chi connectivity index (χ0n) is 23.5. The Balaban J connectivity index is 1.20. The summed E-state index contributed by atoms with van der Waals surface area (Å²) >= 11 is 0. The molecule has 0 radical (unpaired) electrons. The standard InChI is InChI=1S/C31H39N5O4/c1-22(37)32-26-8-5-7-25(21-26)23-11-17-34(18-12-23)15-6-16-36-30(38)28-10-4-3-9-27(28)29(33-36)35-19-13-24(14-20-35)31(39)40-2/h3-5,7-10,21,23-24H,6,11-20H2,1-2H3,(H,32,37). The maximum Gasteiger partial charge on any atom is 0.308 e. The van der Waals surface area contributed by atoms with E-state index in [4.69, 9.17) is 9.84 Å². The van der Waals surface area contributed by atoms with Gasteiger partial charge in [0.25, 0.3) is 5.56 Å². The van der Waals surface area contributed by atoms with Crippen LogP contribution in [0.5, 0.6) is 0 Å². The number of aryl methyl sites for hydroxylation is 1. The number of anilines is 2. The molecule has 2 aliphatic rings. The summed E-state index contributed by atoms with van der Waals surface area (Å²) in [7, 11) is 1.44. The number of amides is 1. The van der Waals surface area contributed by atoms with Crippen LogP contribution in [0.15, 0.2) is 53.3 Å². The lowest BCUT2D eigenvalue weighted by molar-refractivity contribution is -0.146. The number of methoxy groups -OCH3 is 1.